The first kappa shape index (κ1) is 27.3. The second kappa shape index (κ2) is 11.4. The molecule has 206 valence electrons. The lowest BCUT2D eigenvalue weighted by atomic mass is 9.86. The molecule has 1 atom stereocenters. The van der Waals surface area contributed by atoms with Crippen molar-refractivity contribution < 1.29 is 27.4 Å². The number of hydrogen-bond acceptors (Lipinski definition) is 3. The van der Waals surface area contributed by atoms with Crippen molar-refractivity contribution in [1.82, 2.24) is 4.90 Å². The Morgan fingerprint density at radius 3 is 2.36 bits per heavy atom. The average Bonchev–Trinajstić information content (AvgIpc) is 3.27. The van der Waals surface area contributed by atoms with E-state index in [4.69, 9.17) is 4.74 Å². The lowest BCUT2D eigenvalue weighted by molar-refractivity contribution is -0.137. The van der Waals surface area contributed by atoms with Crippen LogP contribution in [0.15, 0.2) is 60.7 Å². The Morgan fingerprint density at radius 2 is 1.67 bits per heavy atom. The molecule has 1 fully saturated rings. The molecule has 0 saturated carbocycles. The maximum Gasteiger partial charge on any atom is 0.416 e. The molecule has 1 saturated heterocycles. The van der Waals surface area contributed by atoms with Gasteiger partial charge in [0.1, 0.15) is 17.6 Å². The average molecular weight is 540 g/mol. The number of phenolic OH excluding ortho intramolecular Hbond substituents is 1. The van der Waals surface area contributed by atoms with E-state index in [1.807, 2.05) is 37.3 Å². The minimum Gasteiger partial charge on any atom is -0.508 e. The van der Waals surface area contributed by atoms with Crippen LogP contribution in [-0.2, 0) is 12.6 Å². The van der Waals surface area contributed by atoms with Crippen molar-refractivity contribution in [3.05, 3.63) is 94.0 Å². The van der Waals surface area contributed by atoms with E-state index in [1.165, 1.54) is 0 Å². The highest BCUT2D eigenvalue weighted by molar-refractivity contribution is 6.00. The van der Waals surface area contributed by atoms with Gasteiger partial charge < -0.3 is 9.84 Å². The van der Waals surface area contributed by atoms with Gasteiger partial charge in [-0.1, -0.05) is 30.3 Å². The van der Waals surface area contributed by atoms with Crippen molar-refractivity contribution in [2.75, 3.05) is 26.3 Å². The summed E-state index contributed by atoms with van der Waals surface area (Å²) in [5.41, 5.74) is 5.88. The Morgan fingerprint density at radius 1 is 0.949 bits per heavy atom. The molecule has 0 bridgehead atoms. The molecule has 0 aromatic heterocycles. The number of rotatable bonds is 7. The first-order chi connectivity index (χ1) is 18.7. The lowest BCUT2D eigenvalue weighted by Gasteiger charge is -2.19. The molecule has 1 aliphatic heterocycles. The summed E-state index contributed by atoms with van der Waals surface area (Å²) in [4.78, 5) is 2.22. The Balaban J connectivity index is 1.50. The monoisotopic (exact) mass is 539 g/mol. The fraction of sp³-hybridized carbons (Fsp3) is 0.375. The summed E-state index contributed by atoms with van der Waals surface area (Å²) in [5.74, 6) is 0.996. The molecule has 2 aliphatic rings. The maximum atomic E-state index is 13.2. The van der Waals surface area contributed by atoms with Crippen LogP contribution in [0, 0.1) is 6.92 Å². The van der Waals surface area contributed by atoms with Crippen molar-refractivity contribution in [2.45, 2.75) is 51.3 Å². The SMILES string of the molecule is Cc1c(O)ccc2c1CCCC(c1ccc(C(F)(F)F)cc1)=C2c1ccc(O[C@H]2CCN(CCCF)C2)cc1. The summed E-state index contributed by atoms with van der Waals surface area (Å²) in [6, 6.07) is 16.9. The zero-order valence-electron chi connectivity index (χ0n) is 22.0. The highest BCUT2D eigenvalue weighted by Gasteiger charge is 2.30. The van der Waals surface area contributed by atoms with Crippen molar-refractivity contribution in [3.8, 4) is 11.5 Å². The fourth-order valence-electron chi connectivity index (χ4n) is 5.78. The number of allylic oxidation sites excluding steroid dienone is 1. The van der Waals surface area contributed by atoms with Crippen LogP contribution in [0.2, 0.25) is 0 Å². The molecule has 5 rings (SSSR count). The molecular formula is C32H33F4NO2. The van der Waals surface area contributed by atoms with E-state index in [9.17, 15) is 22.7 Å². The molecule has 3 aromatic carbocycles. The van der Waals surface area contributed by atoms with Crippen molar-refractivity contribution in [3.63, 3.8) is 0 Å². The summed E-state index contributed by atoms with van der Waals surface area (Å²) in [6.07, 6.45) is -0.611. The Labute approximate surface area is 226 Å². The van der Waals surface area contributed by atoms with E-state index in [1.54, 1.807) is 18.2 Å². The topological polar surface area (TPSA) is 32.7 Å². The van der Waals surface area contributed by atoms with E-state index >= 15 is 0 Å². The first-order valence-corrected chi connectivity index (χ1v) is 13.5. The zero-order valence-corrected chi connectivity index (χ0v) is 22.0. The van der Waals surface area contributed by atoms with Crippen LogP contribution in [0.25, 0.3) is 11.1 Å². The number of halogens is 4. The third-order valence-corrected chi connectivity index (χ3v) is 7.84. The number of phenols is 1. The molecule has 7 heteroatoms. The second-order valence-electron chi connectivity index (χ2n) is 10.4. The number of aromatic hydroxyl groups is 1. The van der Waals surface area contributed by atoms with Crippen LogP contribution in [-0.4, -0.2) is 42.4 Å². The predicted molar refractivity (Wildman–Crippen MR) is 146 cm³/mol. The fourth-order valence-corrected chi connectivity index (χ4v) is 5.78. The number of fused-ring (bicyclic) bond motifs is 1. The summed E-state index contributed by atoms with van der Waals surface area (Å²) >= 11 is 0. The standard InChI is InChI=1S/C32H33F4NO2/c1-21-27-4-2-5-28(22-6-10-24(11-7-22)32(34,35)36)31(29(27)14-15-30(21)38)23-8-12-25(13-9-23)39-26-16-19-37(20-26)18-3-17-33/h6-15,26,38H,2-5,16-20H2,1H3/t26-/m0/s1. The number of ether oxygens (including phenoxy) is 1. The van der Waals surface area contributed by atoms with Crippen LogP contribution in [0.3, 0.4) is 0 Å². The summed E-state index contributed by atoms with van der Waals surface area (Å²) in [7, 11) is 0. The van der Waals surface area contributed by atoms with Gasteiger partial charge >= 0.3 is 6.18 Å². The van der Waals surface area contributed by atoms with Gasteiger partial charge in [-0.2, -0.15) is 13.2 Å². The van der Waals surface area contributed by atoms with Crippen LogP contribution < -0.4 is 4.74 Å². The highest BCUT2D eigenvalue weighted by Crippen LogP contribution is 2.43. The van der Waals surface area contributed by atoms with Gasteiger partial charge in [0.05, 0.1) is 12.2 Å². The molecule has 0 spiro atoms. The molecule has 3 nitrogen and oxygen atoms in total. The number of hydrogen-bond donors (Lipinski definition) is 1. The largest absolute Gasteiger partial charge is 0.508 e. The van der Waals surface area contributed by atoms with Gasteiger partial charge in [-0.15, -0.1) is 0 Å². The molecule has 0 unspecified atom stereocenters. The third-order valence-electron chi connectivity index (χ3n) is 7.84. The van der Waals surface area contributed by atoms with Crippen LogP contribution >= 0.6 is 0 Å². The Kier molecular flexibility index (Phi) is 7.98. The molecule has 0 radical (unpaired) electrons. The smallest absolute Gasteiger partial charge is 0.416 e. The van der Waals surface area contributed by atoms with E-state index in [-0.39, 0.29) is 18.5 Å². The molecule has 39 heavy (non-hydrogen) atoms. The quantitative estimate of drug-likeness (QED) is 0.311. The van der Waals surface area contributed by atoms with Crippen LogP contribution in [0.1, 0.15) is 59.1 Å². The molecule has 0 amide bonds. The molecule has 1 N–H and O–H groups in total. The molecule has 3 aromatic rings. The van der Waals surface area contributed by atoms with E-state index in [0.29, 0.717) is 12.8 Å². The number of alkyl halides is 4. The van der Waals surface area contributed by atoms with Gasteiger partial charge in [0, 0.05) is 19.6 Å². The summed E-state index contributed by atoms with van der Waals surface area (Å²) < 4.78 is 58.5. The van der Waals surface area contributed by atoms with Gasteiger partial charge in [0.2, 0.25) is 0 Å². The van der Waals surface area contributed by atoms with Crippen molar-refractivity contribution >= 4 is 11.1 Å². The van der Waals surface area contributed by atoms with Gasteiger partial charge in [0.15, 0.2) is 0 Å². The number of likely N-dealkylation sites (tertiary alicyclic amines) is 1. The highest BCUT2D eigenvalue weighted by atomic mass is 19.4. The number of nitrogens with zero attached hydrogens (tertiary/aromatic N) is 1. The lowest BCUT2D eigenvalue weighted by Crippen LogP contribution is -2.26. The minimum absolute atomic E-state index is 0.0571. The maximum absolute atomic E-state index is 13.2. The van der Waals surface area contributed by atoms with E-state index in [2.05, 4.69) is 4.90 Å². The van der Waals surface area contributed by atoms with E-state index in [0.717, 1.165) is 95.7 Å². The number of benzene rings is 3. The zero-order chi connectivity index (χ0) is 27.6. The van der Waals surface area contributed by atoms with E-state index < -0.39 is 11.7 Å². The van der Waals surface area contributed by atoms with Crippen molar-refractivity contribution in [2.24, 2.45) is 0 Å². The predicted octanol–water partition coefficient (Wildman–Crippen LogP) is 7.83. The van der Waals surface area contributed by atoms with Crippen LogP contribution in [0.5, 0.6) is 11.5 Å². The minimum atomic E-state index is -4.39. The van der Waals surface area contributed by atoms with Crippen LogP contribution in [0.4, 0.5) is 17.6 Å². The van der Waals surface area contributed by atoms with Crippen molar-refractivity contribution in [1.29, 1.82) is 0 Å². The summed E-state index contributed by atoms with van der Waals surface area (Å²) in [5, 5.41) is 10.4. The van der Waals surface area contributed by atoms with Gasteiger partial charge in [-0.3, -0.25) is 9.29 Å². The third kappa shape index (κ3) is 5.98. The van der Waals surface area contributed by atoms with Gasteiger partial charge in [0.25, 0.3) is 0 Å². The molecule has 1 aliphatic carbocycles. The molecular weight excluding hydrogens is 506 g/mol. The van der Waals surface area contributed by atoms with Gasteiger partial charge in [-0.25, -0.2) is 0 Å². The normalized spacial score (nSPS) is 18.2. The van der Waals surface area contributed by atoms with Gasteiger partial charge in [-0.05, 0) is 108 Å². The second-order valence-corrected chi connectivity index (χ2v) is 10.4. The Bertz CT molecular complexity index is 1330. The Hall–Kier alpha value is -3.32. The molecule has 1 heterocycles. The first-order valence-electron chi connectivity index (χ1n) is 13.5. The summed E-state index contributed by atoms with van der Waals surface area (Å²) in [6.45, 7) is 4.02.